The van der Waals surface area contributed by atoms with E-state index in [0.29, 0.717) is 17.0 Å². The van der Waals surface area contributed by atoms with Gasteiger partial charge in [0.1, 0.15) is 5.52 Å². The van der Waals surface area contributed by atoms with Crippen LogP contribution in [0.25, 0.3) is 22.6 Å². The Morgan fingerprint density at radius 3 is 2.68 bits per heavy atom. The molecule has 3 aromatic rings. The maximum Gasteiger partial charge on any atom is 0.434 e. The first-order valence-electron chi connectivity index (χ1n) is 7.37. The lowest BCUT2D eigenvalue weighted by atomic mass is 10.2. The van der Waals surface area contributed by atoms with Gasteiger partial charge >= 0.3 is 6.18 Å². The summed E-state index contributed by atoms with van der Waals surface area (Å²) in [6, 6.07) is 7.22. The van der Waals surface area contributed by atoms with E-state index in [1.54, 1.807) is 13.0 Å². The van der Waals surface area contributed by atoms with Crippen LogP contribution in [0.15, 0.2) is 40.9 Å². The number of hydrogen-bond donors (Lipinski definition) is 0. The molecular weight excluding hydrogens is 356 g/mol. The van der Waals surface area contributed by atoms with E-state index in [1.807, 2.05) is 0 Å². The van der Waals surface area contributed by atoms with E-state index in [9.17, 15) is 17.7 Å². The quantitative estimate of drug-likeness (QED) is 0.634. The molecule has 5 nitrogen and oxygen atoms in total. The summed E-state index contributed by atoms with van der Waals surface area (Å²) in [5.74, 6) is -0.198. The van der Waals surface area contributed by atoms with Crippen molar-refractivity contribution in [2.75, 3.05) is 13.3 Å². The molecule has 2 aromatic heterocycles. The van der Waals surface area contributed by atoms with E-state index < -0.39 is 19.2 Å². The van der Waals surface area contributed by atoms with Crippen LogP contribution in [-0.2, 0) is 15.3 Å². The highest BCUT2D eigenvalue weighted by Gasteiger charge is 2.36. The first-order valence-corrected chi connectivity index (χ1v) is 9.18. The molecule has 2 heterocycles. The van der Waals surface area contributed by atoms with Gasteiger partial charge < -0.3 is 8.94 Å². The molecule has 0 fully saturated rings. The Morgan fingerprint density at radius 2 is 2.04 bits per heavy atom. The molecule has 0 bridgehead atoms. The smallest absolute Gasteiger partial charge is 0.434 e. The summed E-state index contributed by atoms with van der Waals surface area (Å²) in [4.78, 5) is 7.51. The summed E-state index contributed by atoms with van der Waals surface area (Å²) in [5.41, 5.74) is -0.735. The van der Waals surface area contributed by atoms with Crippen LogP contribution in [0, 0.1) is 0 Å². The molecule has 0 spiro atoms. The monoisotopic (exact) mass is 370 g/mol. The van der Waals surface area contributed by atoms with Gasteiger partial charge in [0, 0.05) is 24.8 Å². The molecule has 0 aliphatic carbocycles. The van der Waals surface area contributed by atoms with Gasteiger partial charge in [-0.3, -0.25) is 9.55 Å². The van der Waals surface area contributed by atoms with Gasteiger partial charge in [-0.1, -0.05) is 6.92 Å². The Morgan fingerprint density at radius 1 is 1.28 bits per heavy atom. The Bertz CT molecular complexity index is 961. The predicted molar refractivity (Wildman–Crippen MR) is 87.0 cm³/mol. The van der Waals surface area contributed by atoms with Crippen LogP contribution in [-0.4, -0.2) is 23.2 Å². The van der Waals surface area contributed by atoms with Crippen LogP contribution >= 0.6 is 7.37 Å². The minimum Gasteiger partial charge on any atom is -0.436 e. The van der Waals surface area contributed by atoms with Crippen molar-refractivity contribution >= 4 is 23.8 Å². The van der Waals surface area contributed by atoms with Crippen molar-refractivity contribution in [3.05, 3.63) is 42.2 Å². The maximum absolute atomic E-state index is 13.1. The van der Waals surface area contributed by atoms with Gasteiger partial charge in [-0.2, -0.15) is 13.2 Å². The van der Waals surface area contributed by atoms with Crippen molar-refractivity contribution in [3.8, 4) is 11.5 Å². The lowest BCUT2D eigenvalue weighted by Gasteiger charge is -2.13. The van der Waals surface area contributed by atoms with E-state index in [0.717, 1.165) is 6.20 Å². The van der Waals surface area contributed by atoms with E-state index in [2.05, 4.69) is 9.97 Å². The van der Waals surface area contributed by atoms with E-state index in [1.165, 1.54) is 31.4 Å². The third kappa shape index (κ3) is 3.19. The number of rotatable bonds is 4. The number of oxazole rings is 1. The van der Waals surface area contributed by atoms with Crippen LogP contribution in [0.3, 0.4) is 0 Å². The molecule has 0 saturated heterocycles. The van der Waals surface area contributed by atoms with Crippen molar-refractivity contribution in [1.82, 2.24) is 9.97 Å². The second-order valence-electron chi connectivity index (χ2n) is 5.24. The second-order valence-corrected chi connectivity index (χ2v) is 8.10. The molecule has 0 aliphatic rings. The van der Waals surface area contributed by atoms with Crippen LogP contribution in [0.2, 0.25) is 0 Å². The average Bonchev–Trinajstić information content (AvgIpc) is 3.03. The molecule has 0 aliphatic heterocycles. The maximum atomic E-state index is 13.1. The molecule has 3 rings (SSSR count). The zero-order valence-electron chi connectivity index (χ0n) is 13.4. The number of pyridine rings is 1. The summed E-state index contributed by atoms with van der Waals surface area (Å²) >= 11 is 0. The third-order valence-corrected chi connectivity index (χ3v) is 6.27. The first-order chi connectivity index (χ1) is 11.8. The minimum atomic E-state index is -4.63. The summed E-state index contributed by atoms with van der Waals surface area (Å²) in [7, 11) is -1.66. The molecular formula is C16H14F3N2O3P. The van der Waals surface area contributed by atoms with Gasteiger partial charge in [0.05, 0.1) is 5.56 Å². The molecule has 1 unspecified atom stereocenters. The zero-order valence-corrected chi connectivity index (χ0v) is 14.3. The fraction of sp³-hybridized carbons (Fsp3) is 0.250. The van der Waals surface area contributed by atoms with E-state index in [-0.39, 0.29) is 17.0 Å². The van der Waals surface area contributed by atoms with Crippen LogP contribution in [0.1, 0.15) is 12.6 Å². The molecule has 0 radical (unpaired) electrons. The van der Waals surface area contributed by atoms with Crippen LogP contribution < -0.4 is 5.30 Å². The molecule has 1 atom stereocenters. The topological polar surface area (TPSA) is 65.2 Å². The predicted octanol–water partition coefficient (Wildman–Crippen LogP) is 4.48. The van der Waals surface area contributed by atoms with Crippen LogP contribution in [0.5, 0.6) is 0 Å². The van der Waals surface area contributed by atoms with Gasteiger partial charge in [-0.05, 0) is 30.3 Å². The van der Waals surface area contributed by atoms with Gasteiger partial charge in [-0.15, -0.1) is 0 Å². The third-order valence-electron chi connectivity index (χ3n) is 3.78. The standard InChI is InChI=1S/C16H14F3N2O3P/c1-3-25(22,23-2)10-6-7-13-12(9-10)21-15(24-13)11-5-4-8-20-14(11)16(17,18)19/h4-9H,3H2,1-2H3. The summed E-state index contributed by atoms with van der Waals surface area (Å²) in [5, 5.41) is 0.437. The highest BCUT2D eigenvalue weighted by atomic mass is 31.2. The molecule has 0 N–H and O–H groups in total. The van der Waals surface area contributed by atoms with E-state index in [4.69, 9.17) is 8.94 Å². The molecule has 1 aromatic carbocycles. The lowest BCUT2D eigenvalue weighted by molar-refractivity contribution is -0.140. The van der Waals surface area contributed by atoms with Crippen molar-refractivity contribution in [3.63, 3.8) is 0 Å². The number of alkyl halides is 3. The van der Waals surface area contributed by atoms with Crippen LogP contribution in [0.4, 0.5) is 13.2 Å². The summed E-state index contributed by atoms with van der Waals surface area (Å²) in [6.07, 6.45) is -3.28. The van der Waals surface area contributed by atoms with Crippen molar-refractivity contribution < 1.29 is 26.7 Å². The normalized spacial score (nSPS) is 14.6. The van der Waals surface area contributed by atoms with Crippen molar-refractivity contribution in [2.45, 2.75) is 13.1 Å². The SMILES string of the molecule is CCP(=O)(OC)c1ccc2oc(-c3cccnc3C(F)(F)F)nc2c1. The van der Waals surface area contributed by atoms with Gasteiger partial charge in [-0.25, -0.2) is 4.98 Å². The summed E-state index contributed by atoms with van der Waals surface area (Å²) < 4.78 is 62.5. The highest BCUT2D eigenvalue weighted by molar-refractivity contribution is 7.66. The molecule has 0 amide bonds. The molecule has 132 valence electrons. The number of halogens is 3. The number of fused-ring (bicyclic) bond motifs is 1. The number of hydrogen-bond acceptors (Lipinski definition) is 5. The lowest BCUT2D eigenvalue weighted by Crippen LogP contribution is -2.09. The van der Waals surface area contributed by atoms with Crippen molar-refractivity contribution in [1.29, 1.82) is 0 Å². The van der Waals surface area contributed by atoms with Crippen molar-refractivity contribution in [2.24, 2.45) is 0 Å². The average molecular weight is 370 g/mol. The molecule has 25 heavy (non-hydrogen) atoms. The van der Waals surface area contributed by atoms with Gasteiger partial charge in [0.25, 0.3) is 0 Å². The largest absolute Gasteiger partial charge is 0.436 e. The second kappa shape index (κ2) is 6.28. The number of aromatic nitrogens is 2. The summed E-state index contributed by atoms with van der Waals surface area (Å²) in [6.45, 7) is 1.73. The molecule has 9 heteroatoms. The first kappa shape index (κ1) is 17.6. The van der Waals surface area contributed by atoms with E-state index >= 15 is 0 Å². The minimum absolute atomic E-state index is 0.198. The van der Waals surface area contributed by atoms with Gasteiger partial charge in [0.15, 0.2) is 11.3 Å². The number of nitrogens with zero attached hydrogens (tertiary/aromatic N) is 2. The Labute approximate surface area is 141 Å². The number of benzene rings is 1. The Hall–Kier alpha value is -2.18. The van der Waals surface area contributed by atoms with Gasteiger partial charge in [0.2, 0.25) is 13.3 Å². The Kier molecular flexibility index (Phi) is 4.43. The fourth-order valence-corrected chi connectivity index (χ4v) is 3.92. The zero-order chi connectivity index (χ0) is 18.2. The highest BCUT2D eigenvalue weighted by Crippen LogP contribution is 2.45. The molecule has 0 saturated carbocycles. The Balaban J connectivity index is 2.14. The fourth-order valence-electron chi connectivity index (χ4n) is 2.46.